The average molecular weight is 185 g/mol. The van der Waals surface area contributed by atoms with Gasteiger partial charge in [-0.05, 0) is 25.2 Å². The molecule has 0 aromatic carbocycles. The predicted molar refractivity (Wildman–Crippen MR) is 55.6 cm³/mol. The van der Waals surface area contributed by atoms with Crippen molar-refractivity contribution < 1.29 is 4.74 Å². The summed E-state index contributed by atoms with van der Waals surface area (Å²) in [6, 6.07) is 0. The maximum absolute atomic E-state index is 5.86. The van der Waals surface area contributed by atoms with Crippen LogP contribution in [0.25, 0.3) is 0 Å². The molecule has 2 atom stereocenters. The molecule has 2 N–H and O–H groups in total. The van der Waals surface area contributed by atoms with Crippen molar-refractivity contribution in [1.29, 1.82) is 0 Å². The number of nitrogens with two attached hydrogens (primary N) is 1. The second-order valence-corrected chi connectivity index (χ2v) is 4.58. The molecule has 0 spiro atoms. The van der Waals surface area contributed by atoms with E-state index in [4.69, 9.17) is 10.5 Å². The minimum atomic E-state index is 0.299. The van der Waals surface area contributed by atoms with Crippen LogP contribution in [0, 0.1) is 11.3 Å². The van der Waals surface area contributed by atoms with Gasteiger partial charge in [0.2, 0.25) is 0 Å². The van der Waals surface area contributed by atoms with E-state index in [2.05, 4.69) is 13.8 Å². The monoisotopic (exact) mass is 185 g/mol. The van der Waals surface area contributed by atoms with E-state index in [0.29, 0.717) is 5.41 Å². The van der Waals surface area contributed by atoms with Crippen molar-refractivity contribution in [2.75, 3.05) is 19.8 Å². The summed E-state index contributed by atoms with van der Waals surface area (Å²) in [5.41, 5.74) is 6.16. The largest absolute Gasteiger partial charge is 0.381 e. The maximum Gasteiger partial charge on any atom is 0.0534 e. The highest BCUT2D eigenvalue weighted by Gasteiger charge is 2.32. The number of hydrogen-bond donors (Lipinski definition) is 1. The Balaban J connectivity index is 2.47. The summed E-state index contributed by atoms with van der Waals surface area (Å²) in [5.74, 6) is 0.783. The molecule has 0 aromatic rings. The van der Waals surface area contributed by atoms with Crippen LogP contribution in [0.2, 0.25) is 0 Å². The third-order valence-electron chi connectivity index (χ3n) is 3.32. The van der Waals surface area contributed by atoms with E-state index in [0.717, 1.165) is 25.7 Å². The van der Waals surface area contributed by atoms with Crippen LogP contribution in [0.15, 0.2) is 0 Å². The van der Waals surface area contributed by atoms with Crippen LogP contribution < -0.4 is 5.73 Å². The molecule has 1 fully saturated rings. The van der Waals surface area contributed by atoms with Gasteiger partial charge in [0.05, 0.1) is 6.61 Å². The van der Waals surface area contributed by atoms with Crippen molar-refractivity contribution in [2.24, 2.45) is 17.1 Å². The van der Waals surface area contributed by atoms with Gasteiger partial charge in [0.1, 0.15) is 0 Å². The van der Waals surface area contributed by atoms with Gasteiger partial charge < -0.3 is 10.5 Å². The van der Waals surface area contributed by atoms with Crippen LogP contribution in [-0.4, -0.2) is 19.8 Å². The van der Waals surface area contributed by atoms with Crippen LogP contribution in [0.3, 0.4) is 0 Å². The minimum absolute atomic E-state index is 0.299. The molecule has 2 unspecified atom stereocenters. The van der Waals surface area contributed by atoms with Crippen molar-refractivity contribution >= 4 is 0 Å². The Bertz CT molecular complexity index is 141. The molecular formula is C11H23NO. The topological polar surface area (TPSA) is 35.2 Å². The molecule has 2 heteroatoms. The molecule has 0 saturated carbocycles. The molecule has 0 bridgehead atoms. The first-order valence-electron chi connectivity index (χ1n) is 5.50. The maximum atomic E-state index is 5.86. The number of rotatable bonds is 4. The van der Waals surface area contributed by atoms with Gasteiger partial charge in [0, 0.05) is 18.6 Å². The molecule has 0 aromatic heterocycles. The molecule has 0 radical (unpaired) electrons. The summed E-state index contributed by atoms with van der Waals surface area (Å²) in [4.78, 5) is 0. The average Bonchev–Trinajstić information content (AvgIpc) is 2.19. The number of hydrogen-bond acceptors (Lipinski definition) is 2. The Hall–Kier alpha value is -0.0800. The Morgan fingerprint density at radius 3 is 2.77 bits per heavy atom. The smallest absolute Gasteiger partial charge is 0.0534 e. The molecule has 0 amide bonds. The SMILES string of the molecule is CCC(C)CC1(CN)CCCOC1. The molecule has 1 rings (SSSR count). The van der Waals surface area contributed by atoms with Gasteiger partial charge in [0.25, 0.3) is 0 Å². The van der Waals surface area contributed by atoms with E-state index in [-0.39, 0.29) is 0 Å². The van der Waals surface area contributed by atoms with Crippen LogP contribution in [0.1, 0.15) is 39.5 Å². The lowest BCUT2D eigenvalue weighted by molar-refractivity contribution is -0.0151. The predicted octanol–water partition coefficient (Wildman–Crippen LogP) is 2.18. The van der Waals surface area contributed by atoms with Gasteiger partial charge in [-0.1, -0.05) is 20.3 Å². The van der Waals surface area contributed by atoms with Crippen LogP contribution in [0.5, 0.6) is 0 Å². The lowest BCUT2D eigenvalue weighted by atomic mass is 9.75. The fourth-order valence-corrected chi connectivity index (χ4v) is 2.20. The second-order valence-electron chi connectivity index (χ2n) is 4.58. The fourth-order valence-electron chi connectivity index (χ4n) is 2.20. The van der Waals surface area contributed by atoms with Crippen molar-refractivity contribution in [3.8, 4) is 0 Å². The summed E-state index contributed by atoms with van der Waals surface area (Å²) >= 11 is 0. The first kappa shape index (κ1) is 11.0. The zero-order valence-corrected chi connectivity index (χ0v) is 9.01. The molecule has 1 heterocycles. The van der Waals surface area contributed by atoms with E-state index < -0.39 is 0 Å². The van der Waals surface area contributed by atoms with Crippen LogP contribution in [-0.2, 0) is 4.74 Å². The Kier molecular flexibility index (Phi) is 4.20. The zero-order chi connectivity index (χ0) is 9.73. The molecule has 1 saturated heterocycles. The highest BCUT2D eigenvalue weighted by Crippen LogP contribution is 2.34. The Morgan fingerprint density at radius 1 is 1.54 bits per heavy atom. The summed E-state index contributed by atoms with van der Waals surface area (Å²) in [7, 11) is 0. The number of ether oxygens (including phenoxy) is 1. The third kappa shape index (κ3) is 2.96. The Morgan fingerprint density at radius 2 is 2.31 bits per heavy atom. The molecule has 0 aliphatic carbocycles. The van der Waals surface area contributed by atoms with Crippen molar-refractivity contribution in [3.05, 3.63) is 0 Å². The van der Waals surface area contributed by atoms with Crippen LogP contribution in [0.4, 0.5) is 0 Å². The van der Waals surface area contributed by atoms with E-state index in [1.54, 1.807) is 0 Å². The van der Waals surface area contributed by atoms with Crippen molar-refractivity contribution in [1.82, 2.24) is 0 Å². The summed E-state index contributed by atoms with van der Waals surface area (Å²) in [6.45, 7) is 7.16. The zero-order valence-electron chi connectivity index (χ0n) is 9.01. The van der Waals surface area contributed by atoms with E-state index in [9.17, 15) is 0 Å². The van der Waals surface area contributed by atoms with Gasteiger partial charge in [-0.15, -0.1) is 0 Å². The Labute approximate surface area is 81.8 Å². The second kappa shape index (κ2) is 4.97. The van der Waals surface area contributed by atoms with Gasteiger partial charge >= 0.3 is 0 Å². The molecule has 1 aliphatic rings. The summed E-state index contributed by atoms with van der Waals surface area (Å²) in [5, 5.41) is 0. The van der Waals surface area contributed by atoms with Gasteiger partial charge in [0.15, 0.2) is 0 Å². The van der Waals surface area contributed by atoms with Gasteiger partial charge in [-0.2, -0.15) is 0 Å². The molecule has 1 aliphatic heterocycles. The van der Waals surface area contributed by atoms with Crippen LogP contribution >= 0.6 is 0 Å². The molecule has 13 heavy (non-hydrogen) atoms. The normalized spacial score (nSPS) is 31.6. The van der Waals surface area contributed by atoms with Crippen molar-refractivity contribution in [2.45, 2.75) is 39.5 Å². The lowest BCUT2D eigenvalue weighted by Crippen LogP contribution is -2.40. The van der Waals surface area contributed by atoms with E-state index >= 15 is 0 Å². The molecular weight excluding hydrogens is 162 g/mol. The molecule has 78 valence electrons. The quantitative estimate of drug-likeness (QED) is 0.728. The third-order valence-corrected chi connectivity index (χ3v) is 3.32. The minimum Gasteiger partial charge on any atom is -0.381 e. The summed E-state index contributed by atoms with van der Waals surface area (Å²) < 4.78 is 5.54. The van der Waals surface area contributed by atoms with Gasteiger partial charge in [-0.25, -0.2) is 0 Å². The van der Waals surface area contributed by atoms with E-state index in [1.807, 2.05) is 0 Å². The van der Waals surface area contributed by atoms with Gasteiger partial charge in [-0.3, -0.25) is 0 Å². The fraction of sp³-hybridized carbons (Fsp3) is 1.00. The van der Waals surface area contributed by atoms with E-state index in [1.165, 1.54) is 25.7 Å². The highest BCUT2D eigenvalue weighted by atomic mass is 16.5. The van der Waals surface area contributed by atoms with Crippen molar-refractivity contribution in [3.63, 3.8) is 0 Å². The standard InChI is InChI=1S/C11H23NO/c1-3-10(2)7-11(8-12)5-4-6-13-9-11/h10H,3-9,12H2,1-2H3. The first-order valence-corrected chi connectivity index (χ1v) is 5.50. The lowest BCUT2D eigenvalue weighted by Gasteiger charge is -2.37. The first-order chi connectivity index (χ1) is 6.22. The highest BCUT2D eigenvalue weighted by molar-refractivity contribution is 4.84. The summed E-state index contributed by atoms with van der Waals surface area (Å²) in [6.07, 6.45) is 4.93. The molecule has 2 nitrogen and oxygen atoms in total.